The molecule has 0 bridgehead atoms. The largest absolute Gasteiger partial charge is 0.493 e. The fraction of sp³-hybridized carbons (Fsp3) is 0.586. The van der Waals surface area contributed by atoms with Gasteiger partial charge in [-0.3, -0.25) is 0 Å². The first kappa shape index (κ1) is 27.4. The van der Waals surface area contributed by atoms with E-state index in [1.807, 2.05) is 0 Å². The van der Waals surface area contributed by atoms with Crippen molar-refractivity contribution in [1.29, 1.82) is 0 Å². The molecular weight excluding hydrogens is 498 g/mol. The van der Waals surface area contributed by atoms with Crippen LogP contribution in [0.2, 0.25) is 0 Å². The summed E-state index contributed by atoms with van der Waals surface area (Å²) in [4.78, 5) is 0. The van der Waals surface area contributed by atoms with E-state index in [4.69, 9.17) is 37.6 Å². The van der Waals surface area contributed by atoms with Crippen LogP contribution >= 0.6 is 0 Å². The molecule has 0 atom stereocenters. The Bertz CT molecular complexity index is 1000. The van der Waals surface area contributed by atoms with Crippen molar-refractivity contribution in [2.24, 2.45) is 0 Å². The molecule has 1 spiro atoms. The summed E-state index contributed by atoms with van der Waals surface area (Å²) in [5, 5.41) is 0. The Labute approximate surface area is 231 Å². The van der Waals surface area contributed by atoms with Crippen LogP contribution < -0.4 is 10.9 Å². The van der Waals surface area contributed by atoms with E-state index in [2.05, 4.69) is 36.4 Å². The van der Waals surface area contributed by atoms with Gasteiger partial charge in [-0.2, -0.15) is 0 Å². The van der Waals surface area contributed by atoms with E-state index in [9.17, 15) is 0 Å². The Hall–Kier alpha value is -1.75. The molecule has 3 saturated heterocycles. The molecule has 0 saturated carbocycles. The maximum atomic E-state index is 6.11. The van der Waals surface area contributed by atoms with Gasteiger partial charge in [0.15, 0.2) is 0 Å². The van der Waals surface area contributed by atoms with Crippen molar-refractivity contribution < 1.29 is 37.6 Å². The van der Waals surface area contributed by atoms with Crippen LogP contribution in [0.1, 0.15) is 36.8 Å². The molecule has 3 heterocycles. The van der Waals surface area contributed by atoms with Crippen molar-refractivity contribution in [3.63, 3.8) is 0 Å². The van der Waals surface area contributed by atoms with Crippen LogP contribution in [0.25, 0.3) is 11.1 Å². The maximum absolute atomic E-state index is 6.11. The standard InChI is InChI=1S/C29H38B2O8/c1-9-36-30(37-10-1)23-3-5-25-26-6-4-24(31-38-11-2-12-39-31)22-28(26)29(27(25)21-23)7-13-32-15-17-34-19-20-35-18-16-33-14-8-29/h3-6,21-22H,1-2,7-20H2. The van der Waals surface area contributed by atoms with Crippen LogP contribution in [0.5, 0.6) is 0 Å². The van der Waals surface area contributed by atoms with Crippen molar-refractivity contribution in [3.8, 4) is 11.1 Å². The van der Waals surface area contributed by atoms with Gasteiger partial charge in [-0.25, -0.2) is 0 Å². The highest BCUT2D eigenvalue weighted by molar-refractivity contribution is 6.62. The first-order chi connectivity index (χ1) is 19.4. The number of fused-ring (bicyclic) bond motifs is 5. The Kier molecular flexibility index (Phi) is 9.33. The number of benzene rings is 2. The monoisotopic (exact) mass is 536 g/mol. The van der Waals surface area contributed by atoms with Crippen LogP contribution in [0.3, 0.4) is 0 Å². The van der Waals surface area contributed by atoms with Crippen LogP contribution in [0, 0.1) is 0 Å². The highest BCUT2D eigenvalue weighted by Gasteiger charge is 2.44. The highest BCUT2D eigenvalue weighted by atomic mass is 16.6. The van der Waals surface area contributed by atoms with E-state index in [-0.39, 0.29) is 19.7 Å². The SMILES string of the molecule is c1cc2c(cc1B1OCCCO1)C1(CCOCCOCCOCCOCC1)c1cc(B3OCCCO3)ccc1-2. The third-order valence-corrected chi connectivity index (χ3v) is 8.07. The van der Waals surface area contributed by atoms with E-state index < -0.39 is 0 Å². The summed E-state index contributed by atoms with van der Waals surface area (Å²) in [7, 11) is -0.679. The molecule has 8 nitrogen and oxygen atoms in total. The molecule has 2 aromatic rings. The molecule has 208 valence electrons. The Morgan fingerprint density at radius 1 is 0.462 bits per heavy atom. The third-order valence-electron chi connectivity index (χ3n) is 8.07. The number of ether oxygens (including phenoxy) is 4. The molecule has 4 aliphatic rings. The zero-order valence-corrected chi connectivity index (χ0v) is 22.7. The molecule has 0 amide bonds. The van der Waals surface area contributed by atoms with Crippen LogP contribution in [-0.2, 0) is 43.0 Å². The molecule has 0 aromatic heterocycles. The molecule has 1 aliphatic carbocycles. The van der Waals surface area contributed by atoms with E-state index in [1.165, 1.54) is 22.3 Å². The average Bonchev–Trinajstić information content (AvgIpc) is 3.25. The molecule has 0 N–H and O–H groups in total. The Morgan fingerprint density at radius 2 is 0.846 bits per heavy atom. The van der Waals surface area contributed by atoms with Gasteiger partial charge in [0.05, 0.1) is 39.6 Å². The molecule has 39 heavy (non-hydrogen) atoms. The first-order valence-electron chi connectivity index (χ1n) is 14.4. The van der Waals surface area contributed by atoms with Gasteiger partial charge in [0, 0.05) is 45.1 Å². The van der Waals surface area contributed by atoms with Crippen LogP contribution in [0.4, 0.5) is 0 Å². The van der Waals surface area contributed by atoms with Crippen molar-refractivity contribution in [1.82, 2.24) is 0 Å². The van der Waals surface area contributed by atoms with Gasteiger partial charge < -0.3 is 37.6 Å². The van der Waals surface area contributed by atoms with E-state index in [1.54, 1.807) is 0 Å². The molecule has 0 unspecified atom stereocenters. The van der Waals surface area contributed by atoms with Gasteiger partial charge in [-0.15, -0.1) is 0 Å². The van der Waals surface area contributed by atoms with E-state index in [0.29, 0.717) is 79.3 Å². The fourth-order valence-electron chi connectivity index (χ4n) is 6.10. The fourth-order valence-corrected chi connectivity index (χ4v) is 6.10. The first-order valence-corrected chi connectivity index (χ1v) is 14.4. The van der Waals surface area contributed by atoms with Crippen molar-refractivity contribution in [3.05, 3.63) is 47.5 Å². The summed E-state index contributed by atoms with van der Waals surface area (Å²) < 4.78 is 47.5. The average molecular weight is 536 g/mol. The minimum atomic E-state index is -0.339. The van der Waals surface area contributed by atoms with Gasteiger partial charge in [-0.05, 0) is 58.9 Å². The van der Waals surface area contributed by atoms with Gasteiger partial charge >= 0.3 is 14.2 Å². The quantitative estimate of drug-likeness (QED) is 0.541. The second-order valence-corrected chi connectivity index (χ2v) is 10.5. The zero-order valence-electron chi connectivity index (χ0n) is 22.7. The predicted molar refractivity (Wildman–Crippen MR) is 149 cm³/mol. The summed E-state index contributed by atoms with van der Waals surface area (Å²) in [5.41, 5.74) is 6.84. The molecular formula is C29H38B2O8. The maximum Gasteiger partial charge on any atom is 0.493 e. The van der Waals surface area contributed by atoms with Crippen LogP contribution in [-0.4, -0.2) is 93.5 Å². The smallest absolute Gasteiger partial charge is 0.407 e. The summed E-state index contributed by atoms with van der Waals surface area (Å²) in [6.07, 6.45) is 3.48. The lowest BCUT2D eigenvalue weighted by molar-refractivity contribution is 0.000930. The number of hydrogen-bond acceptors (Lipinski definition) is 8. The lowest BCUT2D eigenvalue weighted by atomic mass is 9.68. The van der Waals surface area contributed by atoms with Crippen molar-refractivity contribution >= 4 is 25.2 Å². The third kappa shape index (κ3) is 6.14. The Balaban J connectivity index is 1.38. The van der Waals surface area contributed by atoms with Crippen molar-refractivity contribution in [2.45, 2.75) is 31.1 Å². The summed E-state index contributed by atoms with van der Waals surface area (Å²) in [6, 6.07) is 13.3. The summed E-state index contributed by atoms with van der Waals surface area (Å²) in [5.74, 6) is 0. The molecule has 3 fully saturated rings. The summed E-state index contributed by atoms with van der Waals surface area (Å²) >= 11 is 0. The summed E-state index contributed by atoms with van der Waals surface area (Å²) in [6.45, 7) is 7.43. The minimum Gasteiger partial charge on any atom is -0.407 e. The number of hydrogen-bond donors (Lipinski definition) is 0. The second-order valence-electron chi connectivity index (χ2n) is 10.5. The predicted octanol–water partition coefficient (Wildman–Crippen LogP) is 2.08. The van der Waals surface area contributed by atoms with Gasteiger partial charge in [0.2, 0.25) is 0 Å². The molecule has 3 aliphatic heterocycles. The zero-order chi connectivity index (χ0) is 26.3. The lowest BCUT2D eigenvalue weighted by Gasteiger charge is -2.33. The van der Waals surface area contributed by atoms with Gasteiger partial charge in [0.25, 0.3) is 0 Å². The lowest BCUT2D eigenvalue weighted by Crippen LogP contribution is -2.42. The highest BCUT2D eigenvalue weighted by Crippen LogP contribution is 2.52. The van der Waals surface area contributed by atoms with Gasteiger partial charge in [0.1, 0.15) is 0 Å². The van der Waals surface area contributed by atoms with E-state index >= 15 is 0 Å². The molecule has 10 heteroatoms. The Morgan fingerprint density at radius 3 is 1.26 bits per heavy atom. The second kappa shape index (κ2) is 13.3. The van der Waals surface area contributed by atoms with Crippen LogP contribution in [0.15, 0.2) is 36.4 Å². The molecule has 2 aromatic carbocycles. The normalized spacial score (nSPS) is 23.1. The minimum absolute atomic E-state index is 0.304. The molecule has 6 rings (SSSR count). The van der Waals surface area contributed by atoms with E-state index in [0.717, 1.165) is 36.6 Å². The number of rotatable bonds is 2. The topological polar surface area (TPSA) is 73.8 Å². The van der Waals surface area contributed by atoms with Gasteiger partial charge in [-0.1, -0.05) is 36.4 Å². The van der Waals surface area contributed by atoms with Crippen molar-refractivity contribution in [2.75, 3.05) is 79.3 Å². The molecule has 0 radical (unpaired) electrons.